The van der Waals surface area contributed by atoms with Gasteiger partial charge in [0.2, 0.25) is 0 Å². The van der Waals surface area contributed by atoms with Gasteiger partial charge in [0.1, 0.15) is 61.0 Å². The second kappa shape index (κ2) is 16.6. The molecule has 0 aromatic rings. The third kappa shape index (κ3) is 7.25. The topological polar surface area (TPSA) is 256 Å². The molecule has 60 heavy (non-hydrogen) atoms. The standard InChI is InChI=1S/C43H70O17/c1-18-5-10-43(55-15-18)19(2)30-28(60-43)13-23-21-12-25(45)24-11-20(6-8-41(24,3)22(21)7-9-42(23,30)4)56-40-37(59-39-34(51)32(49)27(47)17-54-39)35(52)36(29(14-44)57-40)58-38-33(50)31(48)26(46)16-53-38/h18-40,44-52H,5-17H2,1-4H3/t18-,19+,20+,21-,22+,23+,24-,25+,26+,27+,28+,29-,30+,31+,32+,33-,34-,35+,36-,37-,38+,39+,40-,41-,42+,43-/m1/s1. The van der Waals surface area contributed by atoms with Crippen molar-refractivity contribution in [3.63, 3.8) is 0 Å². The first kappa shape index (κ1) is 44.5. The largest absolute Gasteiger partial charge is 0.394 e. The van der Waals surface area contributed by atoms with Crippen LogP contribution in [0.1, 0.15) is 85.5 Å². The van der Waals surface area contributed by atoms with Gasteiger partial charge in [-0.1, -0.05) is 27.7 Å². The summed E-state index contributed by atoms with van der Waals surface area (Å²) in [6, 6.07) is 0. The fourth-order valence-electron chi connectivity index (χ4n) is 14.2. The molecular weight excluding hydrogens is 788 g/mol. The lowest BCUT2D eigenvalue weighted by Crippen LogP contribution is -2.66. The molecule has 9 fully saturated rings. The molecule has 5 aliphatic heterocycles. The normalized spacial score (nSPS) is 59.2. The molecule has 26 atom stereocenters. The predicted octanol–water partition coefficient (Wildman–Crippen LogP) is -0.485. The van der Waals surface area contributed by atoms with Gasteiger partial charge in [0.25, 0.3) is 0 Å². The van der Waals surface area contributed by atoms with Crippen LogP contribution in [0.15, 0.2) is 0 Å². The number of hydrogen-bond acceptors (Lipinski definition) is 17. The van der Waals surface area contributed by atoms with E-state index >= 15 is 0 Å². The molecule has 0 radical (unpaired) electrons. The van der Waals surface area contributed by atoms with Gasteiger partial charge in [0.15, 0.2) is 24.7 Å². The zero-order valence-corrected chi connectivity index (χ0v) is 35.3. The number of rotatable bonds is 7. The van der Waals surface area contributed by atoms with E-state index in [-0.39, 0.29) is 36.1 Å². The van der Waals surface area contributed by atoms with Crippen molar-refractivity contribution in [3.05, 3.63) is 0 Å². The third-order valence-corrected chi connectivity index (χ3v) is 17.5. The van der Waals surface area contributed by atoms with Gasteiger partial charge in [-0.05, 0) is 97.7 Å². The summed E-state index contributed by atoms with van der Waals surface area (Å²) in [5, 5.41) is 96.6. The van der Waals surface area contributed by atoms with E-state index in [4.69, 9.17) is 37.9 Å². The molecule has 5 saturated heterocycles. The zero-order valence-electron chi connectivity index (χ0n) is 35.3. The van der Waals surface area contributed by atoms with E-state index in [0.717, 1.165) is 45.1 Å². The number of hydrogen-bond donors (Lipinski definition) is 9. The third-order valence-electron chi connectivity index (χ3n) is 17.5. The molecule has 4 aliphatic carbocycles. The van der Waals surface area contributed by atoms with Crippen LogP contribution >= 0.6 is 0 Å². The smallest absolute Gasteiger partial charge is 0.187 e. The van der Waals surface area contributed by atoms with Gasteiger partial charge >= 0.3 is 0 Å². The van der Waals surface area contributed by atoms with E-state index in [1.54, 1.807) is 0 Å². The van der Waals surface area contributed by atoms with Crippen LogP contribution in [-0.4, -0.2) is 176 Å². The quantitative estimate of drug-likeness (QED) is 0.147. The lowest BCUT2D eigenvalue weighted by atomic mass is 9.43. The van der Waals surface area contributed by atoms with Crippen molar-refractivity contribution in [1.82, 2.24) is 0 Å². The van der Waals surface area contributed by atoms with E-state index in [9.17, 15) is 46.0 Å². The molecule has 0 aromatic carbocycles. The summed E-state index contributed by atoms with van der Waals surface area (Å²) in [6.45, 7) is 8.76. The Bertz CT molecular complexity index is 1500. The van der Waals surface area contributed by atoms with Crippen LogP contribution in [0.3, 0.4) is 0 Å². The fraction of sp³-hybridized carbons (Fsp3) is 1.00. The van der Waals surface area contributed by atoms with E-state index < -0.39 is 105 Å². The fourth-order valence-corrected chi connectivity index (χ4v) is 14.2. The molecule has 0 aromatic heterocycles. The molecule has 17 nitrogen and oxygen atoms in total. The van der Waals surface area contributed by atoms with Crippen LogP contribution in [0.5, 0.6) is 0 Å². The Balaban J connectivity index is 0.903. The Hall–Kier alpha value is -0.680. The van der Waals surface area contributed by atoms with Crippen molar-refractivity contribution < 1.29 is 83.9 Å². The van der Waals surface area contributed by atoms with Crippen molar-refractivity contribution >= 4 is 0 Å². The summed E-state index contributed by atoms with van der Waals surface area (Å²) in [7, 11) is 0. The van der Waals surface area contributed by atoms with Crippen LogP contribution in [0.25, 0.3) is 0 Å². The Morgan fingerprint density at radius 1 is 0.600 bits per heavy atom. The number of aliphatic hydroxyl groups excluding tert-OH is 9. The van der Waals surface area contributed by atoms with Gasteiger partial charge in [0, 0.05) is 12.3 Å². The molecule has 0 bridgehead atoms. The second-order valence-electron chi connectivity index (χ2n) is 20.8. The summed E-state index contributed by atoms with van der Waals surface area (Å²) in [4.78, 5) is 0. The summed E-state index contributed by atoms with van der Waals surface area (Å²) in [5.74, 6) is 1.95. The van der Waals surface area contributed by atoms with Crippen molar-refractivity contribution in [1.29, 1.82) is 0 Å². The van der Waals surface area contributed by atoms with Crippen molar-refractivity contribution in [2.24, 2.45) is 52.3 Å². The Labute approximate surface area is 351 Å². The molecule has 4 saturated carbocycles. The molecule has 9 N–H and O–H groups in total. The minimum Gasteiger partial charge on any atom is -0.394 e. The van der Waals surface area contributed by atoms with Crippen LogP contribution in [0.2, 0.25) is 0 Å². The number of fused-ring (bicyclic) bond motifs is 7. The summed E-state index contributed by atoms with van der Waals surface area (Å²) < 4.78 is 49.3. The first-order chi connectivity index (χ1) is 28.5. The van der Waals surface area contributed by atoms with Gasteiger partial charge in [-0.15, -0.1) is 0 Å². The van der Waals surface area contributed by atoms with Gasteiger partial charge < -0.3 is 83.9 Å². The van der Waals surface area contributed by atoms with Gasteiger partial charge in [-0.25, -0.2) is 0 Å². The number of aliphatic hydroxyl groups is 9. The molecule has 0 unspecified atom stereocenters. The first-order valence-electron chi connectivity index (χ1n) is 22.7. The Morgan fingerprint density at radius 2 is 1.25 bits per heavy atom. The van der Waals surface area contributed by atoms with Gasteiger partial charge in [-0.2, -0.15) is 0 Å². The highest BCUT2D eigenvalue weighted by molar-refractivity contribution is 5.16. The molecular formula is C43H70O17. The predicted molar refractivity (Wildman–Crippen MR) is 205 cm³/mol. The van der Waals surface area contributed by atoms with E-state index in [1.807, 2.05) is 0 Å². The lowest BCUT2D eigenvalue weighted by molar-refractivity contribution is -0.382. The van der Waals surface area contributed by atoms with Gasteiger partial charge in [-0.3, -0.25) is 0 Å². The SMILES string of the molecule is C[C@@H]1CC[C@@]2(OC1)O[C@H]1C[C@H]3[C@@H]4C[C@H](O)[C@H]5C[C@@H](O[C@@H]6O[C@H](CO)[C@@H](O[C@@H]7OC[C@H](O)[C@H](O)[C@H]7O)[C@H](O)[C@H]6O[C@@H]6OC[C@H](O)[C@H](O)[C@H]6O)CC[C@]5(C)[C@H]4CC[C@]3(C)[C@H]1[C@@H]2C. The molecule has 9 rings (SSSR count). The van der Waals surface area contributed by atoms with Crippen molar-refractivity contribution in [3.8, 4) is 0 Å². The monoisotopic (exact) mass is 858 g/mol. The highest BCUT2D eigenvalue weighted by Gasteiger charge is 2.70. The van der Waals surface area contributed by atoms with Crippen molar-refractivity contribution in [2.75, 3.05) is 26.4 Å². The maximum atomic E-state index is 12.1. The molecule has 344 valence electrons. The Morgan fingerprint density at radius 3 is 1.88 bits per heavy atom. The average molecular weight is 859 g/mol. The maximum absolute atomic E-state index is 12.1. The highest BCUT2D eigenvalue weighted by Crippen LogP contribution is 2.71. The van der Waals surface area contributed by atoms with Crippen LogP contribution in [0.4, 0.5) is 0 Å². The minimum absolute atomic E-state index is 0.0803. The van der Waals surface area contributed by atoms with Crippen LogP contribution < -0.4 is 0 Å². The molecule has 9 aliphatic rings. The van der Waals surface area contributed by atoms with Crippen LogP contribution in [0, 0.1) is 52.3 Å². The van der Waals surface area contributed by atoms with Crippen molar-refractivity contribution in [2.45, 2.75) is 189 Å². The van der Waals surface area contributed by atoms with E-state index in [0.29, 0.717) is 54.8 Å². The Kier molecular flexibility index (Phi) is 12.3. The minimum atomic E-state index is -1.71. The molecule has 5 heterocycles. The molecule has 17 heteroatoms. The second-order valence-corrected chi connectivity index (χ2v) is 20.8. The molecule has 0 amide bonds. The number of ether oxygens (including phenoxy) is 8. The van der Waals surface area contributed by atoms with Crippen LogP contribution in [-0.2, 0) is 37.9 Å². The first-order valence-corrected chi connectivity index (χ1v) is 22.7. The summed E-state index contributed by atoms with van der Waals surface area (Å²) in [5.41, 5.74) is -0.0433. The average Bonchev–Trinajstić information content (AvgIpc) is 3.67. The summed E-state index contributed by atoms with van der Waals surface area (Å²) >= 11 is 0. The van der Waals surface area contributed by atoms with E-state index in [2.05, 4.69) is 27.7 Å². The van der Waals surface area contributed by atoms with Gasteiger partial charge in [0.05, 0.1) is 44.7 Å². The summed E-state index contributed by atoms with van der Waals surface area (Å²) in [6.07, 6.45) is -12.6. The zero-order chi connectivity index (χ0) is 42.6. The van der Waals surface area contributed by atoms with E-state index in [1.165, 1.54) is 0 Å². The molecule has 1 spiro atoms. The lowest BCUT2D eigenvalue weighted by Gasteiger charge is -2.62. The highest BCUT2D eigenvalue weighted by atomic mass is 16.8. The maximum Gasteiger partial charge on any atom is 0.187 e.